The first-order valence-corrected chi connectivity index (χ1v) is 12.4. The maximum Gasteiger partial charge on any atom is 0.179 e. The standard InChI is InChI=1S/C16H12Br6N4O2/c1-27-9-3-8(6-26-14(20)12(18)24-16(26)22)10(28-2)4-7(9)5-25-13(19)11(17)23-15(25)21/h3-4H,5-6H2,1-2H3. The normalized spacial score (nSPS) is 11.1. The van der Waals surface area contributed by atoms with Crippen molar-refractivity contribution in [2.45, 2.75) is 13.1 Å². The smallest absolute Gasteiger partial charge is 0.179 e. The lowest BCUT2D eigenvalue weighted by atomic mass is 10.1. The summed E-state index contributed by atoms with van der Waals surface area (Å²) >= 11 is 20.9. The summed E-state index contributed by atoms with van der Waals surface area (Å²) in [4.78, 5) is 8.70. The summed E-state index contributed by atoms with van der Waals surface area (Å²) in [5.74, 6) is 1.51. The first kappa shape index (κ1) is 22.8. The Bertz CT molecular complexity index is 951. The fourth-order valence-electron chi connectivity index (χ4n) is 2.64. The summed E-state index contributed by atoms with van der Waals surface area (Å²) in [6.45, 7) is 1.09. The molecule has 3 rings (SSSR count). The van der Waals surface area contributed by atoms with Crippen molar-refractivity contribution in [3.8, 4) is 11.5 Å². The van der Waals surface area contributed by atoms with Crippen LogP contribution in [0.4, 0.5) is 0 Å². The third-order valence-electron chi connectivity index (χ3n) is 3.98. The van der Waals surface area contributed by atoms with Crippen molar-refractivity contribution in [1.82, 2.24) is 19.1 Å². The van der Waals surface area contributed by atoms with Crippen LogP contribution in [0.25, 0.3) is 0 Å². The Kier molecular flexibility index (Phi) is 7.74. The zero-order valence-electron chi connectivity index (χ0n) is 14.4. The second-order valence-corrected chi connectivity index (χ2v) is 10.00. The van der Waals surface area contributed by atoms with E-state index in [9.17, 15) is 0 Å². The third-order valence-corrected chi connectivity index (χ3v) is 8.97. The summed E-state index contributed by atoms with van der Waals surface area (Å²) in [6, 6.07) is 3.96. The average molecular weight is 772 g/mol. The number of methoxy groups -OCH3 is 2. The van der Waals surface area contributed by atoms with E-state index < -0.39 is 0 Å². The molecule has 0 N–H and O–H groups in total. The van der Waals surface area contributed by atoms with E-state index in [0.29, 0.717) is 22.6 Å². The van der Waals surface area contributed by atoms with Gasteiger partial charge in [-0.1, -0.05) is 0 Å². The van der Waals surface area contributed by atoms with Crippen molar-refractivity contribution in [3.05, 3.63) is 51.1 Å². The van der Waals surface area contributed by atoms with Crippen LogP contribution in [-0.2, 0) is 13.1 Å². The van der Waals surface area contributed by atoms with Crippen LogP contribution in [0.5, 0.6) is 11.5 Å². The van der Waals surface area contributed by atoms with Gasteiger partial charge in [0.05, 0.1) is 27.3 Å². The molecule has 12 heteroatoms. The van der Waals surface area contributed by atoms with E-state index >= 15 is 0 Å². The van der Waals surface area contributed by atoms with Gasteiger partial charge in [0.2, 0.25) is 0 Å². The Labute approximate surface area is 212 Å². The molecule has 150 valence electrons. The number of imidazole rings is 2. The number of hydrogen-bond acceptors (Lipinski definition) is 4. The molecule has 2 aromatic heterocycles. The largest absolute Gasteiger partial charge is 0.496 e. The van der Waals surface area contributed by atoms with Crippen LogP contribution in [0.3, 0.4) is 0 Å². The second-order valence-electron chi connectivity index (χ2n) is 5.57. The molecule has 0 atom stereocenters. The van der Waals surface area contributed by atoms with Crippen LogP contribution < -0.4 is 9.47 Å². The van der Waals surface area contributed by atoms with Crippen LogP contribution in [0, 0.1) is 0 Å². The van der Waals surface area contributed by atoms with Gasteiger partial charge in [-0.05, 0) is 108 Å². The van der Waals surface area contributed by atoms with E-state index in [1.165, 1.54) is 0 Å². The van der Waals surface area contributed by atoms with Gasteiger partial charge < -0.3 is 18.6 Å². The Morgan fingerprint density at radius 3 is 1.32 bits per heavy atom. The molecule has 3 aromatic rings. The van der Waals surface area contributed by atoms with Gasteiger partial charge in [-0.25, -0.2) is 9.97 Å². The minimum absolute atomic E-state index is 0.545. The Balaban J connectivity index is 2.02. The summed E-state index contributed by atoms with van der Waals surface area (Å²) in [5.41, 5.74) is 1.92. The lowest BCUT2D eigenvalue weighted by molar-refractivity contribution is 0.392. The van der Waals surface area contributed by atoms with E-state index in [4.69, 9.17) is 9.47 Å². The number of halogens is 6. The molecule has 0 unspecified atom stereocenters. The van der Waals surface area contributed by atoms with Crippen LogP contribution in [0.2, 0.25) is 0 Å². The molecule has 0 amide bonds. The molecule has 28 heavy (non-hydrogen) atoms. The summed E-state index contributed by atoms with van der Waals surface area (Å²) in [7, 11) is 3.31. The molecule has 0 aliphatic carbocycles. The topological polar surface area (TPSA) is 54.1 Å². The predicted octanol–water partition coefficient (Wildman–Crippen LogP) is 6.77. The Morgan fingerprint density at radius 1 is 0.714 bits per heavy atom. The van der Waals surface area contributed by atoms with E-state index in [2.05, 4.69) is 106 Å². The predicted molar refractivity (Wildman–Crippen MR) is 128 cm³/mol. The molecule has 0 aliphatic rings. The van der Waals surface area contributed by atoms with Crippen LogP contribution in [0.1, 0.15) is 11.1 Å². The zero-order chi connectivity index (χ0) is 20.6. The number of rotatable bonds is 6. The maximum absolute atomic E-state index is 5.66. The van der Waals surface area contributed by atoms with E-state index in [0.717, 1.165) is 41.0 Å². The van der Waals surface area contributed by atoms with Gasteiger partial charge in [-0.15, -0.1) is 0 Å². The number of aromatic nitrogens is 4. The van der Waals surface area contributed by atoms with E-state index in [1.54, 1.807) is 14.2 Å². The van der Waals surface area contributed by atoms with Gasteiger partial charge >= 0.3 is 0 Å². The molecule has 0 aliphatic heterocycles. The number of ether oxygens (including phenoxy) is 2. The van der Waals surface area contributed by atoms with Crippen molar-refractivity contribution in [1.29, 1.82) is 0 Å². The van der Waals surface area contributed by atoms with Gasteiger partial charge in [-0.2, -0.15) is 0 Å². The van der Waals surface area contributed by atoms with Crippen LogP contribution >= 0.6 is 95.6 Å². The highest BCUT2D eigenvalue weighted by Gasteiger charge is 2.19. The maximum atomic E-state index is 5.66. The van der Waals surface area contributed by atoms with Gasteiger partial charge in [0.25, 0.3) is 0 Å². The molecule has 0 bridgehead atoms. The monoisotopic (exact) mass is 766 g/mol. The van der Waals surface area contributed by atoms with Crippen LogP contribution in [0.15, 0.2) is 40.0 Å². The first-order chi connectivity index (χ1) is 13.3. The van der Waals surface area contributed by atoms with Gasteiger partial charge in [0, 0.05) is 11.1 Å². The van der Waals surface area contributed by atoms with E-state index in [1.807, 2.05) is 21.3 Å². The fraction of sp³-hybridized carbons (Fsp3) is 0.250. The zero-order valence-corrected chi connectivity index (χ0v) is 24.0. The van der Waals surface area contributed by atoms with Crippen molar-refractivity contribution in [3.63, 3.8) is 0 Å². The molecule has 0 radical (unpaired) electrons. The van der Waals surface area contributed by atoms with Crippen molar-refractivity contribution >= 4 is 95.6 Å². The minimum Gasteiger partial charge on any atom is -0.496 e. The number of benzene rings is 1. The van der Waals surface area contributed by atoms with Gasteiger partial charge in [0.1, 0.15) is 29.9 Å². The lowest BCUT2D eigenvalue weighted by Crippen LogP contribution is -2.07. The molecule has 6 nitrogen and oxygen atoms in total. The summed E-state index contributed by atoms with van der Waals surface area (Å²) in [5, 5.41) is 0. The van der Waals surface area contributed by atoms with Gasteiger partial charge in [-0.3, -0.25) is 0 Å². The third kappa shape index (κ3) is 4.56. The fourth-order valence-corrected chi connectivity index (χ4v) is 6.08. The molecule has 1 aromatic carbocycles. The number of nitrogens with zero attached hydrogens (tertiary/aromatic N) is 4. The SMILES string of the molecule is COc1cc(Cn2c(Br)nc(Br)c2Br)c(OC)cc1Cn1c(Br)nc(Br)c1Br. The van der Waals surface area contributed by atoms with Crippen molar-refractivity contribution in [2.75, 3.05) is 14.2 Å². The molecular weight excluding hydrogens is 760 g/mol. The highest BCUT2D eigenvalue weighted by Crippen LogP contribution is 2.35. The van der Waals surface area contributed by atoms with Gasteiger partial charge in [0.15, 0.2) is 9.47 Å². The van der Waals surface area contributed by atoms with E-state index in [-0.39, 0.29) is 0 Å². The number of hydrogen-bond donors (Lipinski definition) is 0. The highest BCUT2D eigenvalue weighted by atomic mass is 79.9. The van der Waals surface area contributed by atoms with Crippen molar-refractivity contribution in [2.24, 2.45) is 0 Å². The molecule has 0 saturated carbocycles. The molecule has 0 fully saturated rings. The summed E-state index contributed by atoms with van der Waals surface area (Å²) in [6.07, 6.45) is 0. The lowest BCUT2D eigenvalue weighted by Gasteiger charge is -2.17. The average Bonchev–Trinajstić information content (AvgIpc) is 3.05. The Morgan fingerprint density at radius 2 is 1.07 bits per heavy atom. The highest BCUT2D eigenvalue weighted by molar-refractivity contribution is 9.13. The first-order valence-electron chi connectivity index (χ1n) is 7.64. The van der Waals surface area contributed by atoms with Crippen LogP contribution in [-0.4, -0.2) is 33.3 Å². The molecule has 0 spiro atoms. The Hall–Kier alpha value is 0.120. The summed E-state index contributed by atoms with van der Waals surface area (Å²) < 4.78 is 19.8. The minimum atomic E-state index is 0.545. The molecule has 2 heterocycles. The molecular formula is C16H12Br6N4O2. The second kappa shape index (κ2) is 9.51. The van der Waals surface area contributed by atoms with Crippen molar-refractivity contribution < 1.29 is 9.47 Å². The quantitative estimate of drug-likeness (QED) is 0.278. The molecule has 0 saturated heterocycles.